The number of rotatable bonds is 8. The van der Waals surface area contributed by atoms with Crippen molar-refractivity contribution in [1.29, 1.82) is 0 Å². The van der Waals surface area contributed by atoms with Gasteiger partial charge in [0, 0.05) is 12.2 Å². The van der Waals surface area contributed by atoms with Crippen LogP contribution in [0.3, 0.4) is 0 Å². The maximum Gasteiger partial charge on any atom is 0.329 e. The SMILES string of the molecule is COC(=O)C(C)CC(CC(C(=O)OC)N1C(=O)C=CC1=O)C(=O)OC. The third-order valence-electron chi connectivity index (χ3n) is 3.91. The zero-order valence-corrected chi connectivity index (χ0v) is 14.5. The quantitative estimate of drug-likeness (QED) is 0.335. The Bertz CT molecular complexity index is 579. The maximum atomic E-state index is 12.1. The molecule has 0 N–H and O–H groups in total. The fourth-order valence-electron chi connectivity index (χ4n) is 2.61. The summed E-state index contributed by atoms with van der Waals surface area (Å²) in [4.78, 5) is 60.2. The van der Waals surface area contributed by atoms with Gasteiger partial charge in [0.1, 0.15) is 6.04 Å². The highest BCUT2D eigenvalue weighted by molar-refractivity contribution is 6.14. The van der Waals surface area contributed by atoms with Gasteiger partial charge in [0.25, 0.3) is 11.8 Å². The lowest BCUT2D eigenvalue weighted by Crippen LogP contribution is -2.47. The molecule has 1 aliphatic rings. The second-order valence-corrected chi connectivity index (χ2v) is 5.53. The van der Waals surface area contributed by atoms with E-state index < -0.39 is 47.6 Å². The van der Waals surface area contributed by atoms with Gasteiger partial charge < -0.3 is 14.2 Å². The normalized spacial score (nSPS) is 17.0. The van der Waals surface area contributed by atoms with Gasteiger partial charge in [-0.2, -0.15) is 0 Å². The van der Waals surface area contributed by atoms with Crippen molar-refractivity contribution < 1.29 is 38.2 Å². The number of carbonyl (C=O) groups excluding carboxylic acids is 5. The molecular formula is C16H21NO8. The summed E-state index contributed by atoms with van der Waals surface area (Å²) < 4.78 is 14.0. The third-order valence-corrected chi connectivity index (χ3v) is 3.91. The molecule has 1 aliphatic heterocycles. The zero-order valence-electron chi connectivity index (χ0n) is 14.5. The van der Waals surface area contributed by atoms with Crippen molar-refractivity contribution in [2.45, 2.75) is 25.8 Å². The second-order valence-electron chi connectivity index (χ2n) is 5.53. The van der Waals surface area contributed by atoms with Crippen molar-refractivity contribution >= 4 is 29.7 Å². The van der Waals surface area contributed by atoms with Crippen LogP contribution in [0.15, 0.2) is 12.2 Å². The molecule has 0 aliphatic carbocycles. The van der Waals surface area contributed by atoms with Crippen molar-refractivity contribution in [3.8, 4) is 0 Å². The number of amides is 2. The molecule has 2 amide bonds. The van der Waals surface area contributed by atoms with Gasteiger partial charge in [-0.25, -0.2) is 4.79 Å². The number of hydrogen-bond donors (Lipinski definition) is 0. The van der Waals surface area contributed by atoms with E-state index in [0.29, 0.717) is 0 Å². The van der Waals surface area contributed by atoms with Crippen LogP contribution in [-0.2, 0) is 38.2 Å². The Hall–Kier alpha value is -2.71. The lowest BCUT2D eigenvalue weighted by Gasteiger charge is -2.27. The van der Waals surface area contributed by atoms with E-state index in [1.54, 1.807) is 6.92 Å². The van der Waals surface area contributed by atoms with E-state index in [4.69, 9.17) is 4.74 Å². The Morgan fingerprint density at radius 2 is 1.36 bits per heavy atom. The minimum absolute atomic E-state index is 0.0243. The van der Waals surface area contributed by atoms with Crippen LogP contribution in [0.25, 0.3) is 0 Å². The highest BCUT2D eigenvalue weighted by Gasteiger charge is 2.40. The monoisotopic (exact) mass is 355 g/mol. The fourth-order valence-corrected chi connectivity index (χ4v) is 2.61. The minimum Gasteiger partial charge on any atom is -0.469 e. The van der Waals surface area contributed by atoms with Crippen LogP contribution >= 0.6 is 0 Å². The smallest absolute Gasteiger partial charge is 0.329 e. The van der Waals surface area contributed by atoms with Gasteiger partial charge in [-0.15, -0.1) is 0 Å². The summed E-state index contributed by atoms with van der Waals surface area (Å²) >= 11 is 0. The van der Waals surface area contributed by atoms with Gasteiger partial charge in [-0.1, -0.05) is 6.92 Å². The molecule has 25 heavy (non-hydrogen) atoms. The molecule has 138 valence electrons. The Morgan fingerprint density at radius 3 is 1.80 bits per heavy atom. The summed E-state index contributed by atoms with van der Waals surface area (Å²) in [6.07, 6.45) is 1.86. The molecule has 1 heterocycles. The number of nitrogens with zero attached hydrogens (tertiary/aromatic N) is 1. The molecule has 3 atom stereocenters. The molecule has 0 saturated carbocycles. The first-order valence-electron chi connectivity index (χ1n) is 7.55. The summed E-state index contributed by atoms with van der Waals surface area (Å²) in [6.45, 7) is 1.56. The first-order valence-corrected chi connectivity index (χ1v) is 7.55. The number of carbonyl (C=O) groups is 5. The molecule has 3 unspecified atom stereocenters. The maximum absolute atomic E-state index is 12.1. The van der Waals surface area contributed by atoms with E-state index in [0.717, 1.165) is 24.2 Å². The Kier molecular flexibility index (Phi) is 7.28. The highest BCUT2D eigenvalue weighted by atomic mass is 16.5. The van der Waals surface area contributed by atoms with E-state index in [-0.39, 0.29) is 12.8 Å². The van der Waals surface area contributed by atoms with E-state index >= 15 is 0 Å². The van der Waals surface area contributed by atoms with Crippen molar-refractivity contribution in [1.82, 2.24) is 4.90 Å². The van der Waals surface area contributed by atoms with Crippen LogP contribution < -0.4 is 0 Å². The van der Waals surface area contributed by atoms with Crippen molar-refractivity contribution in [3.63, 3.8) is 0 Å². The Labute approximate surface area is 144 Å². The second kappa shape index (κ2) is 8.95. The number of ether oxygens (including phenoxy) is 3. The van der Waals surface area contributed by atoms with Gasteiger partial charge in [0.05, 0.1) is 33.2 Å². The molecule has 0 aromatic rings. The molecule has 0 aromatic carbocycles. The number of methoxy groups -OCH3 is 3. The molecule has 9 nitrogen and oxygen atoms in total. The molecule has 1 rings (SSSR count). The van der Waals surface area contributed by atoms with E-state index in [2.05, 4.69) is 9.47 Å². The molecule has 0 spiro atoms. The van der Waals surface area contributed by atoms with Crippen LogP contribution in [0.2, 0.25) is 0 Å². The summed E-state index contributed by atoms with van der Waals surface area (Å²) in [6, 6.07) is -1.30. The predicted molar refractivity (Wildman–Crippen MR) is 82.7 cm³/mol. The Morgan fingerprint density at radius 1 is 0.880 bits per heavy atom. The van der Waals surface area contributed by atoms with Crippen molar-refractivity contribution in [2.75, 3.05) is 21.3 Å². The lowest BCUT2D eigenvalue weighted by molar-refractivity contribution is -0.159. The van der Waals surface area contributed by atoms with Crippen LogP contribution in [0, 0.1) is 11.8 Å². The van der Waals surface area contributed by atoms with E-state index in [1.165, 1.54) is 14.2 Å². The summed E-state index contributed by atoms with van der Waals surface area (Å²) in [5.74, 6) is -4.95. The molecule has 0 fully saturated rings. The molecule has 9 heteroatoms. The van der Waals surface area contributed by atoms with Crippen LogP contribution in [0.5, 0.6) is 0 Å². The molecule has 0 saturated heterocycles. The molecule has 0 aromatic heterocycles. The van der Waals surface area contributed by atoms with Crippen molar-refractivity contribution in [3.05, 3.63) is 12.2 Å². The Balaban J connectivity index is 3.04. The van der Waals surface area contributed by atoms with Gasteiger partial charge in [-0.05, 0) is 12.8 Å². The third kappa shape index (κ3) is 4.88. The van der Waals surface area contributed by atoms with E-state index in [9.17, 15) is 24.0 Å². The van der Waals surface area contributed by atoms with Gasteiger partial charge in [-0.3, -0.25) is 24.1 Å². The first kappa shape index (κ1) is 20.3. The average Bonchev–Trinajstić information content (AvgIpc) is 2.94. The van der Waals surface area contributed by atoms with Gasteiger partial charge in [0.15, 0.2) is 0 Å². The summed E-state index contributed by atoms with van der Waals surface area (Å²) in [5.41, 5.74) is 0. The molecule has 0 radical (unpaired) electrons. The summed E-state index contributed by atoms with van der Waals surface area (Å²) in [5, 5.41) is 0. The van der Waals surface area contributed by atoms with Crippen molar-refractivity contribution in [2.24, 2.45) is 11.8 Å². The van der Waals surface area contributed by atoms with Gasteiger partial charge >= 0.3 is 17.9 Å². The summed E-state index contributed by atoms with van der Waals surface area (Å²) in [7, 11) is 3.49. The minimum atomic E-state index is -1.30. The molecule has 0 bridgehead atoms. The fraction of sp³-hybridized carbons (Fsp3) is 0.562. The zero-order chi connectivity index (χ0) is 19.1. The predicted octanol–water partition coefficient (Wildman–Crippen LogP) is -0.168. The average molecular weight is 355 g/mol. The standard InChI is InChI=1S/C16H21NO8/c1-9(14(20)23-2)7-10(15(21)24-3)8-11(16(22)25-4)17-12(18)5-6-13(17)19/h5-6,9-11H,7-8H2,1-4H3. The molecular weight excluding hydrogens is 334 g/mol. The van der Waals surface area contributed by atoms with Crippen LogP contribution in [-0.4, -0.2) is 62.0 Å². The number of imide groups is 1. The number of esters is 3. The number of hydrogen-bond acceptors (Lipinski definition) is 8. The highest BCUT2D eigenvalue weighted by Crippen LogP contribution is 2.24. The van der Waals surface area contributed by atoms with Crippen LogP contribution in [0.1, 0.15) is 19.8 Å². The van der Waals surface area contributed by atoms with Gasteiger partial charge in [0.2, 0.25) is 0 Å². The largest absolute Gasteiger partial charge is 0.469 e. The van der Waals surface area contributed by atoms with Crippen LogP contribution in [0.4, 0.5) is 0 Å². The first-order chi connectivity index (χ1) is 11.8. The van der Waals surface area contributed by atoms with E-state index in [1.807, 2.05) is 0 Å². The lowest BCUT2D eigenvalue weighted by atomic mass is 9.89. The topological polar surface area (TPSA) is 116 Å².